The monoisotopic (exact) mass is 235 g/mol. The van der Waals surface area contributed by atoms with E-state index >= 15 is 0 Å². The maximum absolute atomic E-state index is 12.0. The van der Waals surface area contributed by atoms with E-state index in [-0.39, 0.29) is 16.8 Å². The molecule has 7 heteroatoms. The van der Waals surface area contributed by atoms with Crippen LogP contribution < -0.4 is 16.8 Å². The number of nitrogens with two attached hydrogens (primary N) is 1. The summed E-state index contributed by atoms with van der Waals surface area (Å²) < 4.78 is 1.25. The van der Waals surface area contributed by atoms with Crippen molar-refractivity contribution in [1.82, 2.24) is 20.0 Å². The molecule has 0 aliphatic carbocycles. The van der Waals surface area contributed by atoms with Crippen molar-refractivity contribution in [2.24, 2.45) is 5.84 Å². The molecule has 0 radical (unpaired) electrons. The highest BCUT2D eigenvalue weighted by Gasteiger charge is 2.16. The zero-order valence-corrected chi connectivity index (χ0v) is 9.57. The van der Waals surface area contributed by atoms with Gasteiger partial charge in [0, 0.05) is 17.5 Å². The smallest absolute Gasteiger partial charge is 0.276 e. The first-order valence-corrected chi connectivity index (χ1v) is 5.20. The molecule has 0 unspecified atom stereocenters. The number of amides is 1. The van der Waals surface area contributed by atoms with Gasteiger partial charge in [-0.25, -0.2) is 15.3 Å². The first-order chi connectivity index (χ1) is 8.10. The van der Waals surface area contributed by atoms with Crippen LogP contribution in [0.5, 0.6) is 0 Å². The number of aromatic amines is 1. The molecule has 0 aliphatic rings. The van der Waals surface area contributed by atoms with Crippen LogP contribution in [0.3, 0.4) is 0 Å². The van der Waals surface area contributed by atoms with Crippen molar-refractivity contribution in [3.05, 3.63) is 33.4 Å². The maximum Gasteiger partial charge on any atom is 0.276 e. The van der Waals surface area contributed by atoms with E-state index in [1.165, 1.54) is 10.7 Å². The van der Waals surface area contributed by atoms with Crippen LogP contribution in [0.1, 0.15) is 28.5 Å². The molecule has 2 aromatic heterocycles. The fraction of sp³-hybridized carbons (Fsp3) is 0.300. The number of nitrogen functional groups attached to an aromatic ring is 1. The Morgan fingerprint density at radius 1 is 1.65 bits per heavy atom. The number of nitrogens with zero attached hydrogens (tertiary/aromatic N) is 2. The van der Waals surface area contributed by atoms with Gasteiger partial charge in [0.05, 0.1) is 0 Å². The summed E-state index contributed by atoms with van der Waals surface area (Å²) >= 11 is 0. The van der Waals surface area contributed by atoms with Crippen molar-refractivity contribution < 1.29 is 4.79 Å². The SMILES string of the molecule is CCc1c(C)nc2c(C(=O)NN)c[nH]n2c1=O. The number of H-pyrrole nitrogens is 1. The lowest BCUT2D eigenvalue weighted by Crippen LogP contribution is -2.30. The lowest BCUT2D eigenvalue weighted by Gasteiger charge is -2.03. The molecule has 4 N–H and O–H groups in total. The van der Waals surface area contributed by atoms with Gasteiger partial charge in [-0.1, -0.05) is 6.92 Å². The molecule has 2 rings (SSSR count). The highest BCUT2D eigenvalue weighted by molar-refractivity contribution is 5.99. The summed E-state index contributed by atoms with van der Waals surface area (Å²) in [5.74, 6) is 4.57. The van der Waals surface area contributed by atoms with Gasteiger partial charge < -0.3 is 0 Å². The Hall–Kier alpha value is -2.15. The third kappa shape index (κ3) is 1.60. The second-order valence-corrected chi connectivity index (χ2v) is 3.65. The standard InChI is InChI=1S/C10H13N5O2/c1-3-6-5(2)13-8-7(9(16)14-11)4-12-15(8)10(6)17/h4,12H,3,11H2,1-2H3,(H,14,16). The van der Waals surface area contributed by atoms with Gasteiger partial charge >= 0.3 is 0 Å². The van der Waals surface area contributed by atoms with Gasteiger partial charge in [-0.2, -0.15) is 0 Å². The summed E-state index contributed by atoms with van der Waals surface area (Å²) in [6, 6.07) is 0. The minimum absolute atomic E-state index is 0.189. The molecule has 0 fully saturated rings. The molecular weight excluding hydrogens is 222 g/mol. The first kappa shape index (κ1) is 11.3. The molecule has 0 aromatic carbocycles. The number of carbonyl (C=O) groups excluding carboxylic acids is 1. The number of hydrogen-bond acceptors (Lipinski definition) is 4. The Morgan fingerprint density at radius 3 is 2.94 bits per heavy atom. The van der Waals surface area contributed by atoms with Gasteiger partial charge in [0.15, 0.2) is 5.65 Å². The number of nitrogens with one attached hydrogen (secondary N) is 2. The Labute approximate surface area is 96.6 Å². The van der Waals surface area contributed by atoms with Crippen molar-refractivity contribution in [3.8, 4) is 0 Å². The molecular formula is C10H13N5O2. The molecule has 2 heterocycles. The highest BCUT2D eigenvalue weighted by atomic mass is 16.2. The van der Waals surface area contributed by atoms with Crippen molar-refractivity contribution in [2.75, 3.05) is 0 Å². The first-order valence-electron chi connectivity index (χ1n) is 5.20. The summed E-state index contributed by atoms with van der Waals surface area (Å²) in [6.45, 7) is 3.63. The third-order valence-corrected chi connectivity index (χ3v) is 2.69. The quantitative estimate of drug-likeness (QED) is 0.370. The number of rotatable bonds is 2. The molecule has 0 saturated heterocycles. The molecule has 0 bridgehead atoms. The van der Waals surface area contributed by atoms with E-state index in [4.69, 9.17) is 5.84 Å². The van der Waals surface area contributed by atoms with E-state index in [2.05, 4.69) is 10.1 Å². The molecule has 2 aromatic rings. The van der Waals surface area contributed by atoms with E-state index in [0.29, 0.717) is 17.7 Å². The average Bonchev–Trinajstić information content (AvgIpc) is 2.72. The molecule has 1 amide bonds. The molecule has 0 saturated carbocycles. The van der Waals surface area contributed by atoms with E-state index in [1.54, 1.807) is 6.92 Å². The number of aromatic nitrogens is 3. The zero-order valence-electron chi connectivity index (χ0n) is 9.57. The van der Waals surface area contributed by atoms with Crippen LogP contribution in [0.25, 0.3) is 5.65 Å². The highest BCUT2D eigenvalue weighted by Crippen LogP contribution is 2.08. The molecule has 0 atom stereocenters. The van der Waals surface area contributed by atoms with Gasteiger partial charge in [0.25, 0.3) is 11.5 Å². The largest absolute Gasteiger partial charge is 0.296 e. The summed E-state index contributed by atoms with van der Waals surface area (Å²) in [5, 5.41) is 2.70. The van der Waals surface area contributed by atoms with Crippen LogP contribution in [-0.4, -0.2) is 20.5 Å². The van der Waals surface area contributed by atoms with E-state index in [9.17, 15) is 9.59 Å². The van der Waals surface area contributed by atoms with Crippen LogP contribution in [0.4, 0.5) is 0 Å². The predicted molar refractivity (Wildman–Crippen MR) is 61.6 cm³/mol. The predicted octanol–water partition coefficient (Wildman–Crippen LogP) is -0.503. The summed E-state index contributed by atoms with van der Waals surface area (Å²) in [6.07, 6.45) is 2.00. The molecule has 0 aliphatic heterocycles. The lowest BCUT2D eigenvalue weighted by molar-refractivity contribution is 0.0955. The van der Waals surface area contributed by atoms with Crippen molar-refractivity contribution in [3.63, 3.8) is 0 Å². The number of hydrogen-bond donors (Lipinski definition) is 3. The Morgan fingerprint density at radius 2 is 2.35 bits per heavy atom. The normalized spacial score (nSPS) is 10.8. The van der Waals surface area contributed by atoms with Crippen molar-refractivity contribution >= 4 is 11.6 Å². The van der Waals surface area contributed by atoms with Gasteiger partial charge in [-0.05, 0) is 13.3 Å². The van der Waals surface area contributed by atoms with E-state index < -0.39 is 5.91 Å². The average molecular weight is 235 g/mol. The van der Waals surface area contributed by atoms with Gasteiger partial charge in [0.2, 0.25) is 0 Å². The van der Waals surface area contributed by atoms with E-state index in [1.807, 2.05) is 12.3 Å². The summed E-state index contributed by atoms with van der Waals surface area (Å²) in [4.78, 5) is 27.7. The number of aryl methyl sites for hydroxylation is 1. The number of hydrazine groups is 1. The van der Waals surface area contributed by atoms with Gasteiger partial charge in [0.1, 0.15) is 5.56 Å². The number of carbonyl (C=O) groups is 1. The second-order valence-electron chi connectivity index (χ2n) is 3.65. The minimum atomic E-state index is -0.487. The fourth-order valence-electron chi connectivity index (χ4n) is 1.81. The van der Waals surface area contributed by atoms with Crippen LogP contribution in [0.15, 0.2) is 11.0 Å². The summed E-state index contributed by atoms with van der Waals surface area (Å²) in [5.41, 5.74) is 3.61. The van der Waals surface area contributed by atoms with Crippen LogP contribution in [0, 0.1) is 6.92 Å². The second kappa shape index (κ2) is 4.02. The molecule has 17 heavy (non-hydrogen) atoms. The molecule has 7 nitrogen and oxygen atoms in total. The zero-order chi connectivity index (χ0) is 12.6. The molecule has 90 valence electrons. The van der Waals surface area contributed by atoms with Gasteiger partial charge in [-0.15, -0.1) is 0 Å². The lowest BCUT2D eigenvalue weighted by atomic mass is 10.2. The van der Waals surface area contributed by atoms with Gasteiger partial charge in [-0.3, -0.25) is 20.1 Å². The summed E-state index contributed by atoms with van der Waals surface area (Å²) in [7, 11) is 0. The van der Waals surface area contributed by atoms with Crippen molar-refractivity contribution in [2.45, 2.75) is 20.3 Å². The minimum Gasteiger partial charge on any atom is -0.296 e. The van der Waals surface area contributed by atoms with Crippen LogP contribution >= 0.6 is 0 Å². The Balaban J connectivity index is 2.81. The fourth-order valence-corrected chi connectivity index (χ4v) is 1.81. The third-order valence-electron chi connectivity index (χ3n) is 2.69. The molecule has 0 spiro atoms. The van der Waals surface area contributed by atoms with Crippen molar-refractivity contribution in [1.29, 1.82) is 0 Å². The Bertz CT molecular complexity index is 640. The topological polar surface area (TPSA) is 105 Å². The van der Waals surface area contributed by atoms with Crippen LogP contribution in [0.2, 0.25) is 0 Å². The van der Waals surface area contributed by atoms with Crippen LogP contribution in [-0.2, 0) is 6.42 Å². The van der Waals surface area contributed by atoms with E-state index in [0.717, 1.165) is 0 Å². The number of fused-ring (bicyclic) bond motifs is 1. The maximum atomic E-state index is 12.0. The Kier molecular flexibility index (Phi) is 2.68.